The number of nitrogens with zero attached hydrogens (tertiary/aromatic N) is 4. The molecule has 1 atom stereocenters. The molecule has 2 aromatic heterocycles. The van der Waals surface area contributed by atoms with E-state index in [-0.39, 0.29) is 18.4 Å². The Morgan fingerprint density at radius 3 is 2.59 bits per heavy atom. The summed E-state index contributed by atoms with van der Waals surface area (Å²) in [6.07, 6.45) is 2.69. The number of fused-ring (bicyclic) bond motifs is 1. The Bertz CT molecular complexity index is 944. The van der Waals surface area contributed by atoms with Gasteiger partial charge in [0.15, 0.2) is 5.65 Å². The quantitative estimate of drug-likeness (QED) is 0.894. The Morgan fingerprint density at radius 2 is 2.04 bits per heavy atom. The topological polar surface area (TPSA) is 88.3 Å². The molecule has 4 rings (SSSR count). The number of carboxylic acids is 1. The zero-order chi connectivity index (χ0) is 19.5. The minimum absolute atomic E-state index is 0.0348. The van der Waals surface area contributed by atoms with Crippen molar-refractivity contribution in [2.45, 2.75) is 46.0 Å². The minimum Gasteiger partial charge on any atom is -0.481 e. The summed E-state index contributed by atoms with van der Waals surface area (Å²) in [7, 11) is 1.84. The average Bonchev–Trinajstić information content (AvgIpc) is 3.29. The van der Waals surface area contributed by atoms with Gasteiger partial charge in [-0.15, -0.1) is 0 Å². The minimum atomic E-state index is -0.870. The number of aryl methyl sites for hydroxylation is 2. The Hall–Kier alpha value is -2.44. The van der Waals surface area contributed by atoms with Crippen LogP contribution >= 0.6 is 0 Å². The monoisotopic (exact) mass is 370 g/mol. The molecule has 1 aliphatic heterocycles. The van der Waals surface area contributed by atoms with E-state index in [1.54, 1.807) is 9.58 Å². The van der Waals surface area contributed by atoms with Gasteiger partial charge in [-0.2, -0.15) is 5.10 Å². The van der Waals surface area contributed by atoms with Gasteiger partial charge in [0.2, 0.25) is 0 Å². The summed E-state index contributed by atoms with van der Waals surface area (Å²) in [6, 6.07) is 1.91. The van der Waals surface area contributed by atoms with Crippen LogP contribution in [0.2, 0.25) is 0 Å². The molecule has 0 aromatic carbocycles. The van der Waals surface area contributed by atoms with Crippen LogP contribution in [0.5, 0.6) is 0 Å². The van der Waals surface area contributed by atoms with Gasteiger partial charge in [0, 0.05) is 31.7 Å². The van der Waals surface area contributed by atoms with E-state index in [1.165, 1.54) is 0 Å². The molecular formula is C20H26N4O3. The number of hydrogen-bond acceptors (Lipinski definition) is 4. The van der Waals surface area contributed by atoms with Crippen molar-refractivity contribution in [3.8, 4) is 0 Å². The highest BCUT2D eigenvalue weighted by Crippen LogP contribution is 2.42. The lowest BCUT2D eigenvalue weighted by molar-refractivity contribution is -0.150. The first-order valence-corrected chi connectivity index (χ1v) is 9.61. The van der Waals surface area contributed by atoms with Crippen molar-refractivity contribution in [2.75, 3.05) is 13.1 Å². The van der Waals surface area contributed by atoms with Gasteiger partial charge < -0.3 is 10.0 Å². The van der Waals surface area contributed by atoms with Crippen LogP contribution in [0.3, 0.4) is 0 Å². The van der Waals surface area contributed by atoms with Crippen molar-refractivity contribution >= 4 is 22.9 Å². The molecular weight excluding hydrogens is 344 g/mol. The maximum atomic E-state index is 13.4. The smallest absolute Gasteiger partial charge is 0.311 e. The first-order valence-electron chi connectivity index (χ1n) is 9.61. The predicted octanol–water partition coefficient (Wildman–Crippen LogP) is 2.73. The van der Waals surface area contributed by atoms with Crippen LogP contribution in [0, 0.1) is 18.3 Å². The number of aromatic nitrogens is 3. The molecule has 1 N–H and O–H groups in total. The van der Waals surface area contributed by atoms with E-state index >= 15 is 0 Å². The maximum absolute atomic E-state index is 13.4. The first kappa shape index (κ1) is 17.9. The number of carboxylic acid groups (broad SMARTS) is 1. The molecule has 144 valence electrons. The van der Waals surface area contributed by atoms with Crippen molar-refractivity contribution in [2.24, 2.45) is 18.4 Å². The molecule has 27 heavy (non-hydrogen) atoms. The molecule has 1 unspecified atom stereocenters. The maximum Gasteiger partial charge on any atom is 0.311 e. The highest BCUT2D eigenvalue weighted by atomic mass is 16.4. The third-order valence-electron chi connectivity index (χ3n) is 6.33. The van der Waals surface area contributed by atoms with Crippen molar-refractivity contribution in [1.29, 1.82) is 0 Å². The number of aliphatic carboxylic acids is 1. The summed E-state index contributed by atoms with van der Waals surface area (Å²) in [5, 5.41) is 15.0. The number of rotatable bonds is 4. The van der Waals surface area contributed by atoms with E-state index in [1.807, 2.05) is 33.9 Å². The van der Waals surface area contributed by atoms with Crippen LogP contribution < -0.4 is 0 Å². The van der Waals surface area contributed by atoms with E-state index in [9.17, 15) is 14.7 Å². The van der Waals surface area contributed by atoms with Gasteiger partial charge in [-0.25, -0.2) is 4.98 Å². The van der Waals surface area contributed by atoms with Crippen molar-refractivity contribution < 1.29 is 14.7 Å². The van der Waals surface area contributed by atoms with E-state index in [0.717, 1.165) is 35.3 Å². The van der Waals surface area contributed by atoms with Crippen LogP contribution in [0.15, 0.2) is 6.07 Å². The van der Waals surface area contributed by atoms with Crippen LogP contribution in [0.25, 0.3) is 11.0 Å². The molecule has 1 saturated carbocycles. The van der Waals surface area contributed by atoms with Gasteiger partial charge in [0.1, 0.15) is 0 Å². The van der Waals surface area contributed by atoms with Crippen LogP contribution in [-0.4, -0.2) is 49.7 Å². The molecule has 2 aromatic rings. The molecule has 0 spiro atoms. The number of amides is 1. The zero-order valence-electron chi connectivity index (χ0n) is 16.3. The molecule has 1 amide bonds. The van der Waals surface area contributed by atoms with E-state index in [0.29, 0.717) is 24.4 Å². The fourth-order valence-electron chi connectivity index (χ4n) is 4.29. The Balaban J connectivity index is 1.76. The number of carbonyl (C=O) groups excluding carboxylic acids is 1. The van der Waals surface area contributed by atoms with Gasteiger partial charge >= 0.3 is 5.97 Å². The lowest BCUT2D eigenvalue weighted by Crippen LogP contribution is -2.40. The molecule has 1 aliphatic carbocycles. The standard InChI is InChI=1S/C20H26N4O3/c1-11(2)20(19(26)27)7-8-24(10-20)18(25)14-9-15(13-5-6-13)21-17-16(14)12(3)22-23(17)4/h9,11,13H,5-8,10H2,1-4H3,(H,26,27). The van der Waals surface area contributed by atoms with E-state index in [2.05, 4.69) is 5.10 Å². The van der Waals surface area contributed by atoms with Crippen molar-refractivity contribution in [3.63, 3.8) is 0 Å². The number of likely N-dealkylation sites (tertiary alicyclic amines) is 1. The molecule has 1 saturated heterocycles. The number of hydrogen-bond donors (Lipinski definition) is 1. The van der Waals surface area contributed by atoms with Crippen LogP contribution in [-0.2, 0) is 11.8 Å². The molecule has 3 heterocycles. The molecule has 2 fully saturated rings. The largest absolute Gasteiger partial charge is 0.481 e. The fourth-order valence-corrected chi connectivity index (χ4v) is 4.29. The van der Waals surface area contributed by atoms with Crippen molar-refractivity contribution in [1.82, 2.24) is 19.7 Å². The first-order chi connectivity index (χ1) is 12.7. The number of pyridine rings is 1. The second-order valence-corrected chi connectivity index (χ2v) is 8.37. The van der Waals surface area contributed by atoms with Crippen molar-refractivity contribution in [3.05, 3.63) is 23.0 Å². The van der Waals surface area contributed by atoms with E-state index < -0.39 is 11.4 Å². The molecule has 0 bridgehead atoms. The Kier molecular flexibility index (Phi) is 4.01. The summed E-state index contributed by atoms with van der Waals surface area (Å²) in [4.78, 5) is 31.8. The molecule has 2 aliphatic rings. The van der Waals surface area contributed by atoms with Gasteiger partial charge in [-0.3, -0.25) is 14.3 Å². The van der Waals surface area contributed by atoms with Gasteiger partial charge in [-0.05, 0) is 38.2 Å². The summed E-state index contributed by atoms with van der Waals surface area (Å²) in [5.74, 6) is -0.538. The van der Waals surface area contributed by atoms with E-state index in [4.69, 9.17) is 4.98 Å². The average molecular weight is 370 g/mol. The SMILES string of the molecule is Cc1nn(C)c2nc(C3CC3)cc(C(=O)N3CCC(C(=O)O)(C(C)C)C3)c12. The Morgan fingerprint density at radius 1 is 1.33 bits per heavy atom. The third kappa shape index (κ3) is 2.71. The molecule has 7 heteroatoms. The normalized spacial score (nSPS) is 22.8. The summed E-state index contributed by atoms with van der Waals surface area (Å²) in [5.41, 5.74) is 2.19. The summed E-state index contributed by atoms with van der Waals surface area (Å²) in [6.45, 7) is 6.44. The summed E-state index contributed by atoms with van der Waals surface area (Å²) >= 11 is 0. The van der Waals surface area contributed by atoms with Gasteiger partial charge in [0.05, 0.1) is 22.1 Å². The van der Waals surface area contributed by atoms with Gasteiger partial charge in [-0.1, -0.05) is 13.8 Å². The van der Waals surface area contributed by atoms with Crippen LogP contribution in [0.4, 0.5) is 0 Å². The second kappa shape index (κ2) is 6.04. The second-order valence-electron chi connectivity index (χ2n) is 8.37. The van der Waals surface area contributed by atoms with Crippen LogP contribution in [0.1, 0.15) is 60.8 Å². The summed E-state index contributed by atoms with van der Waals surface area (Å²) < 4.78 is 1.73. The lowest BCUT2D eigenvalue weighted by Gasteiger charge is -2.28. The Labute approximate surface area is 158 Å². The lowest BCUT2D eigenvalue weighted by atomic mass is 9.76. The third-order valence-corrected chi connectivity index (χ3v) is 6.33. The molecule has 7 nitrogen and oxygen atoms in total. The highest BCUT2D eigenvalue weighted by molar-refractivity contribution is 6.07. The number of carbonyl (C=O) groups is 2. The molecule has 0 radical (unpaired) electrons. The predicted molar refractivity (Wildman–Crippen MR) is 101 cm³/mol. The van der Waals surface area contributed by atoms with Gasteiger partial charge in [0.25, 0.3) is 5.91 Å². The zero-order valence-corrected chi connectivity index (χ0v) is 16.3. The highest BCUT2D eigenvalue weighted by Gasteiger charge is 2.48. The fraction of sp³-hybridized carbons (Fsp3) is 0.600.